The van der Waals surface area contributed by atoms with Crippen molar-refractivity contribution in [1.82, 2.24) is 5.32 Å². The molecule has 6 heteroatoms. The smallest absolute Gasteiger partial charge is 0.337 e. The minimum Gasteiger partial charge on any atom is -0.465 e. The number of nitrogens with one attached hydrogen (secondary N) is 1. The zero-order chi connectivity index (χ0) is 16.2. The number of carbonyl (C=O) groups is 1. The number of hydrogen-bond donors (Lipinski definition) is 2. The Morgan fingerprint density at radius 3 is 2.68 bits per heavy atom. The molecule has 6 nitrogen and oxygen atoms in total. The maximum absolute atomic E-state index is 11.3. The Morgan fingerprint density at radius 2 is 2.05 bits per heavy atom. The van der Waals surface area contributed by atoms with Gasteiger partial charge in [-0.15, -0.1) is 0 Å². The van der Waals surface area contributed by atoms with E-state index in [-0.39, 0.29) is 5.97 Å². The number of aliphatic imine (C=N–C) groups is 1. The third kappa shape index (κ3) is 7.08. The third-order valence-corrected chi connectivity index (χ3v) is 3.03. The second-order valence-corrected chi connectivity index (χ2v) is 4.68. The van der Waals surface area contributed by atoms with Gasteiger partial charge in [0.1, 0.15) is 0 Å². The van der Waals surface area contributed by atoms with Crippen molar-refractivity contribution in [2.75, 3.05) is 33.4 Å². The maximum Gasteiger partial charge on any atom is 0.337 e. The summed E-state index contributed by atoms with van der Waals surface area (Å²) in [5.41, 5.74) is 7.44. The lowest BCUT2D eigenvalue weighted by Crippen LogP contribution is -2.33. The molecule has 3 N–H and O–H groups in total. The van der Waals surface area contributed by atoms with E-state index in [9.17, 15) is 4.79 Å². The molecule has 0 aromatic heterocycles. The highest BCUT2D eigenvalue weighted by atomic mass is 16.5. The molecule has 0 heterocycles. The predicted molar refractivity (Wildman–Crippen MR) is 87.1 cm³/mol. The molecule has 0 saturated heterocycles. The molecule has 1 rings (SSSR count). The van der Waals surface area contributed by atoms with E-state index >= 15 is 0 Å². The standard InChI is InChI=1S/C16H25N3O3/c1-3-22-12-4-10-18-16(17)19-11-9-13-5-7-14(8-6-13)15(20)21-2/h5-8H,3-4,9-12H2,1-2H3,(H3,17,18,19). The van der Waals surface area contributed by atoms with Crippen molar-refractivity contribution in [3.05, 3.63) is 35.4 Å². The van der Waals surface area contributed by atoms with E-state index in [1.165, 1.54) is 7.11 Å². The number of hydrogen-bond acceptors (Lipinski definition) is 4. The van der Waals surface area contributed by atoms with E-state index in [4.69, 9.17) is 10.5 Å². The average molecular weight is 307 g/mol. The number of methoxy groups -OCH3 is 1. The molecular formula is C16H25N3O3. The van der Waals surface area contributed by atoms with E-state index < -0.39 is 0 Å². The minimum absolute atomic E-state index is 0.326. The van der Waals surface area contributed by atoms with Crippen molar-refractivity contribution in [3.8, 4) is 0 Å². The minimum atomic E-state index is -0.326. The molecule has 1 aromatic rings. The zero-order valence-electron chi connectivity index (χ0n) is 13.3. The first kappa shape index (κ1) is 18.0. The van der Waals surface area contributed by atoms with Crippen molar-refractivity contribution < 1.29 is 14.3 Å². The number of nitrogens with zero attached hydrogens (tertiary/aromatic N) is 1. The van der Waals surface area contributed by atoms with Crippen molar-refractivity contribution in [1.29, 1.82) is 0 Å². The zero-order valence-corrected chi connectivity index (χ0v) is 13.3. The van der Waals surface area contributed by atoms with Crippen LogP contribution in [0.4, 0.5) is 0 Å². The topological polar surface area (TPSA) is 85.9 Å². The quantitative estimate of drug-likeness (QED) is 0.311. The number of guanidine groups is 1. The summed E-state index contributed by atoms with van der Waals surface area (Å²) in [6.07, 6.45) is 1.67. The molecular weight excluding hydrogens is 282 g/mol. The molecule has 0 fully saturated rings. The Kier molecular flexibility index (Phi) is 8.67. The van der Waals surface area contributed by atoms with Gasteiger partial charge in [-0.3, -0.25) is 4.99 Å². The highest BCUT2D eigenvalue weighted by molar-refractivity contribution is 5.89. The fraction of sp³-hybridized carbons (Fsp3) is 0.500. The van der Waals surface area contributed by atoms with Gasteiger partial charge in [-0.1, -0.05) is 12.1 Å². The molecule has 122 valence electrons. The number of benzene rings is 1. The second-order valence-electron chi connectivity index (χ2n) is 4.68. The second kappa shape index (κ2) is 10.6. The fourth-order valence-electron chi connectivity index (χ4n) is 1.83. The summed E-state index contributed by atoms with van der Waals surface area (Å²) in [5.74, 6) is 0.121. The molecule has 0 aliphatic carbocycles. The lowest BCUT2D eigenvalue weighted by atomic mass is 10.1. The van der Waals surface area contributed by atoms with Crippen LogP contribution >= 0.6 is 0 Å². The molecule has 22 heavy (non-hydrogen) atoms. The van der Waals surface area contributed by atoms with Gasteiger partial charge < -0.3 is 20.5 Å². The van der Waals surface area contributed by atoms with Crippen LogP contribution in [0.5, 0.6) is 0 Å². The van der Waals surface area contributed by atoms with E-state index in [1.807, 2.05) is 19.1 Å². The van der Waals surface area contributed by atoms with Gasteiger partial charge in [-0.2, -0.15) is 0 Å². The first-order valence-corrected chi connectivity index (χ1v) is 7.46. The highest BCUT2D eigenvalue weighted by Gasteiger charge is 2.04. The molecule has 0 spiro atoms. The average Bonchev–Trinajstić information content (AvgIpc) is 2.54. The molecule has 1 aromatic carbocycles. The van der Waals surface area contributed by atoms with Gasteiger partial charge in [0, 0.05) is 26.3 Å². The molecule has 0 unspecified atom stereocenters. The lowest BCUT2D eigenvalue weighted by molar-refractivity contribution is 0.0600. The van der Waals surface area contributed by atoms with E-state index in [1.54, 1.807) is 12.1 Å². The van der Waals surface area contributed by atoms with Crippen LogP contribution in [0.2, 0.25) is 0 Å². The van der Waals surface area contributed by atoms with Crippen LogP contribution in [0, 0.1) is 0 Å². The Morgan fingerprint density at radius 1 is 1.32 bits per heavy atom. The van der Waals surface area contributed by atoms with Crippen LogP contribution in [0.15, 0.2) is 29.3 Å². The SMILES string of the molecule is CCOCCCN=C(N)NCCc1ccc(C(=O)OC)cc1. The lowest BCUT2D eigenvalue weighted by Gasteiger charge is -2.06. The Balaban J connectivity index is 2.25. The van der Waals surface area contributed by atoms with Crippen molar-refractivity contribution in [2.24, 2.45) is 10.7 Å². The van der Waals surface area contributed by atoms with Crippen LogP contribution in [0.3, 0.4) is 0 Å². The summed E-state index contributed by atoms with van der Waals surface area (Å²) in [4.78, 5) is 15.5. The van der Waals surface area contributed by atoms with Gasteiger partial charge in [0.15, 0.2) is 5.96 Å². The van der Waals surface area contributed by atoms with Crippen molar-refractivity contribution in [3.63, 3.8) is 0 Å². The van der Waals surface area contributed by atoms with Gasteiger partial charge in [0.05, 0.1) is 12.7 Å². The van der Waals surface area contributed by atoms with Gasteiger partial charge in [-0.25, -0.2) is 4.79 Å². The predicted octanol–water partition coefficient (Wildman–Crippen LogP) is 1.35. The van der Waals surface area contributed by atoms with Crippen LogP contribution in [-0.4, -0.2) is 45.3 Å². The summed E-state index contributed by atoms with van der Waals surface area (Å²) in [6.45, 7) is 4.76. The molecule has 0 bridgehead atoms. The van der Waals surface area contributed by atoms with Crippen LogP contribution in [0.25, 0.3) is 0 Å². The van der Waals surface area contributed by atoms with E-state index in [0.717, 1.165) is 25.0 Å². The summed E-state index contributed by atoms with van der Waals surface area (Å²) in [5, 5.41) is 3.07. The number of esters is 1. The van der Waals surface area contributed by atoms with E-state index in [0.29, 0.717) is 31.2 Å². The largest absolute Gasteiger partial charge is 0.465 e. The van der Waals surface area contributed by atoms with Crippen LogP contribution in [-0.2, 0) is 15.9 Å². The fourth-order valence-corrected chi connectivity index (χ4v) is 1.83. The third-order valence-electron chi connectivity index (χ3n) is 3.03. The summed E-state index contributed by atoms with van der Waals surface area (Å²) >= 11 is 0. The Hall–Kier alpha value is -2.08. The first-order chi connectivity index (χ1) is 10.7. The van der Waals surface area contributed by atoms with Gasteiger partial charge >= 0.3 is 5.97 Å². The van der Waals surface area contributed by atoms with Gasteiger partial charge in [0.2, 0.25) is 0 Å². The summed E-state index contributed by atoms with van der Waals surface area (Å²) < 4.78 is 9.88. The Labute approximate surface area is 131 Å². The number of carbonyl (C=O) groups excluding carboxylic acids is 1. The number of rotatable bonds is 9. The van der Waals surface area contributed by atoms with Gasteiger partial charge in [-0.05, 0) is 37.5 Å². The summed E-state index contributed by atoms with van der Waals surface area (Å²) in [7, 11) is 1.37. The van der Waals surface area contributed by atoms with Crippen LogP contribution < -0.4 is 11.1 Å². The monoisotopic (exact) mass is 307 g/mol. The van der Waals surface area contributed by atoms with Gasteiger partial charge in [0.25, 0.3) is 0 Å². The van der Waals surface area contributed by atoms with Crippen molar-refractivity contribution >= 4 is 11.9 Å². The van der Waals surface area contributed by atoms with Crippen LogP contribution in [0.1, 0.15) is 29.3 Å². The maximum atomic E-state index is 11.3. The molecule has 0 atom stereocenters. The Bertz CT molecular complexity index is 472. The number of ether oxygens (including phenoxy) is 2. The molecule has 0 aliphatic heterocycles. The normalized spacial score (nSPS) is 11.3. The molecule has 0 amide bonds. The number of nitrogens with two attached hydrogens (primary N) is 1. The first-order valence-electron chi connectivity index (χ1n) is 7.46. The van der Waals surface area contributed by atoms with Crippen molar-refractivity contribution in [2.45, 2.75) is 19.8 Å². The highest BCUT2D eigenvalue weighted by Crippen LogP contribution is 2.06. The van der Waals surface area contributed by atoms with E-state index in [2.05, 4.69) is 15.0 Å². The molecule has 0 aliphatic rings. The molecule has 0 radical (unpaired) electrons. The molecule has 0 saturated carbocycles. The summed E-state index contributed by atoms with van der Waals surface area (Å²) in [6, 6.07) is 7.32.